The van der Waals surface area contributed by atoms with Crippen LogP contribution in [0, 0.1) is 5.92 Å². The van der Waals surface area contributed by atoms with E-state index >= 15 is 0 Å². The molecule has 2 saturated heterocycles. The van der Waals surface area contributed by atoms with Gasteiger partial charge in [0.15, 0.2) is 0 Å². The lowest BCUT2D eigenvalue weighted by Crippen LogP contribution is -2.42. The van der Waals surface area contributed by atoms with Gasteiger partial charge in [-0.05, 0) is 18.9 Å². The maximum atomic E-state index is 12.6. The number of carbonyl (C=O) groups excluding carboxylic acids is 1. The number of sulfonamides is 1. The van der Waals surface area contributed by atoms with Crippen LogP contribution in [-0.2, 0) is 14.8 Å². The van der Waals surface area contributed by atoms with Gasteiger partial charge in [-0.3, -0.25) is 9.59 Å². The molecule has 3 heterocycles. The number of aromatic amines is 1. The van der Waals surface area contributed by atoms with Crippen molar-refractivity contribution in [2.24, 2.45) is 5.92 Å². The van der Waals surface area contributed by atoms with Crippen LogP contribution in [0.4, 0.5) is 0 Å². The Morgan fingerprint density at radius 3 is 2.64 bits per heavy atom. The molecule has 0 aromatic carbocycles. The molecule has 2 aliphatic rings. The molecule has 1 atom stereocenters. The number of nitrogens with one attached hydrogen (secondary N) is 1. The molecule has 1 amide bonds. The molecule has 0 radical (unpaired) electrons. The Labute approximate surface area is 150 Å². The number of nitrogens with zero attached hydrogens (tertiary/aromatic N) is 2. The predicted molar refractivity (Wildman–Crippen MR) is 93.1 cm³/mol. The zero-order chi connectivity index (χ0) is 18.0. The van der Waals surface area contributed by atoms with E-state index in [0.717, 1.165) is 11.5 Å². The van der Waals surface area contributed by atoms with Crippen molar-refractivity contribution in [3.8, 4) is 0 Å². The Morgan fingerprint density at radius 1 is 1.24 bits per heavy atom. The number of carboxylic acids is 1. The van der Waals surface area contributed by atoms with Gasteiger partial charge < -0.3 is 15.0 Å². The number of hydrogen-bond acceptors (Lipinski definition) is 5. The zero-order valence-corrected chi connectivity index (χ0v) is 15.3. The van der Waals surface area contributed by atoms with E-state index in [2.05, 4.69) is 4.98 Å². The number of carboxylic acid groups (broad SMARTS) is 1. The van der Waals surface area contributed by atoms with Gasteiger partial charge in [-0.15, -0.1) is 0 Å². The van der Waals surface area contributed by atoms with E-state index in [0.29, 0.717) is 32.5 Å². The first-order valence-electron chi connectivity index (χ1n) is 8.18. The highest BCUT2D eigenvalue weighted by Gasteiger charge is 2.31. The van der Waals surface area contributed by atoms with Crippen molar-refractivity contribution in [1.82, 2.24) is 14.2 Å². The number of hydrogen-bond donors (Lipinski definition) is 2. The Morgan fingerprint density at radius 2 is 1.96 bits per heavy atom. The maximum Gasteiger partial charge on any atom is 0.308 e. The van der Waals surface area contributed by atoms with Crippen LogP contribution in [0.5, 0.6) is 0 Å². The molecule has 2 aliphatic heterocycles. The summed E-state index contributed by atoms with van der Waals surface area (Å²) >= 11 is 1.72. The highest BCUT2D eigenvalue weighted by atomic mass is 32.2. The largest absolute Gasteiger partial charge is 0.481 e. The quantitative estimate of drug-likeness (QED) is 0.786. The molecule has 0 bridgehead atoms. The van der Waals surface area contributed by atoms with Crippen LogP contribution in [0.2, 0.25) is 0 Å². The first-order valence-corrected chi connectivity index (χ1v) is 10.8. The van der Waals surface area contributed by atoms with Crippen molar-refractivity contribution in [3.05, 3.63) is 18.0 Å². The van der Waals surface area contributed by atoms with Gasteiger partial charge in [0, 0.05) is 43.9 Å². The van der Waals surface area contributed by atoms with Crippen LogP contribution in [0.15, 0.2) is 17.2 Å². The fourth-order valence-corrected chi connectivity index (χ4v) is 5.69. The molecule has 0 unspecified atom stereocenters. The Kier molecular flexibility index (Phi) is 5.40. The van der Waals surface area contributed by atoms with Gasteiger partial charge in [0.2, 0.25) is 10.0 Å². The van der Waals surface area contributed by atoms with Crippen molar-refractivity contribution in [3.63, 3.8) is 0 Å². The van der Waals surface area contributed by atoms with Crippen LogP contribution in [0.3, 0.4) is 0 Å². The normalized spacial score (nSPS) is 22.7. The molecule has 1 aromatic heterocycles. The third-order valence-corrected chi connectivity index (χ3v) is 7.37. The van der Waals surface area contributed by atoms with Gasteiger partial charge in [0.1, 0.15) is 10.6 Å². The number of rotatable bonds is 4. The second-order valence-corrected chi connectivity index (χ2v) is 9.36. The standard InChI is InChI=1S/C15H21N3O5S2/c19-14(17-3-1-2-11(10-17)15(20)21)13-8-12(9-16-13)25(22,23)18-4-6-24-7-5-18/h8-9,11,16H,1-7,10H2,(H,20,21)/t11-/m0/s1. The highest BCUT2D eigenvalue weighted by molar-refractivity contribution is 7.99. The van der Waals surface area contributed by atoms with Gasteiger partial charge in [0.25, 0.3) is 5.91 Å². The molecular formula is C15H21N3O5S2. The molecule has 2 N–H and O–H groups in total. The van der Waals surface area contributed by atoms with Crippen molar-refractivity contribution in [2.45, 2.75) is 17.7 Å². The molecule has 0 spiro atoms. The summed E-state index contributed by atoms with van der Waals surface area (Å²) in [6.07, 6.45) is 2.51. The smallest absolute Gasteiger partial charge is 0.308 e. The van der Waals surface area contributed by atoms with Crippen molar-refractivity contribution < 1.29 is 23.1 Å². The highest BCUT2D eigenvalue weighted by Crippen LogP contribution is 2.23. The second kappa shape index (κ2) is 7.38. The summed E-state index contributed by atoms with van der Waals surface area (Å²) in [5, 5.41) is 9.13. The van der Waals surface area contributed by atoms with Gasteiger partial charge in [-0.1, -0.05) is 0 Å². The number of H-pyrrole nitrogens is 1. The minimum Gasteiger partial charge on any atom is -0.481 e. The molecule has 25 heavy (non-hydrogen) atoms. The average Bonchev–Trinajstić information content (AvgIpc) is 3.13. The predicted octanol–water partition coefficient (Wildman–Crippen LogP) is 0.689. The van der Waals surface area contributed by atoms with E-state index < -0.39 is 21.9 Å². The lowest BCUT2D eigenvalue weighted by Gasteiger charge is -2.30. The number of aliphatic carboxylic acids is 1. The van der Waals surface area contributed by atoms with Gasteiger partial charge in [-0.25, -0.2) is 8.42 Å². The first kappa shape index (κ1) is 18.3. The first-order chi connectivity index (χ1) is 11.9. The summed E-state index contributed by atoms with van der Waals surface area (Å²) in [7, 11) is -3.61. The van der Waals surface area contributed by atoms with E-state index in [1.165, 1.54) is 21.5 Å². The SMILES string of the molecule is O=C(O)[C@H]1CCCN(C(=O)c2cc(S(=O)(=O)N3CCSCC3)c[nH]2)C1. The number of carbonyl (C=O) groups is 2. The van der Waals surface area contributed by atoms with Crippen molar-refractivity contribution in [1.29, 1.82) is 0 Å². The minimum atomic E-state index is -3.61. The lowest BCUT2D eigenvalue weighted by molar-refractivity contribution is -0.143. The summed E-state index contributed by atoms with van der Waals surface area (Å²) in [6.45, 7) is 1.56. The fourth-order valence-electron chi connectivity index (χ4n) is 3.12. The van der Waals surface area contributed by atoms with Crippen molar-refractivity contribution >= 4 is 33.7 Å². The van der Waals surface area contributed by atoms with Crippen LogP contribution in [-0.4, -0.2) is 77.3 Å². The summed E-state index contributed by atoms with van der Waals surface area (Å²) in [5.41, 5.74) is 0.177. The maximum absolute atomic E-state index is 12.6. The Bertz CT molecular complexity index is 755. The van der Waals surface area contributed by atoms with E-state index in [-0.39, 0.29) is 23.0 Å². The summed E-state index contributed by atoms with van der Waals surface area (Å²) in [6, 6.07) is 1.35. The molecular weight excluding hydrogens is 366 g/mol. The molecule has 8 nitrogen and oxygen atoms in total. The molecule has 138 valence electrons. The van der Waals surface area contributed by atoms with Crippen molar-refractivity contribution in [2.75, 3.05) is 37.7 Å². The monoisotopic (exact) mass is 387 g/mol. The van der Waals surface area contributed by atoms with Crippen LogP contribution >= 0.6 is 11.8 Å². The van der Waals surface area contributed by atoms with Gasteiger partial charge >= 0.3 is 5.97 Å². The second-order valence-electron chi connectivity index (χ2n) is 6.19. The number of piperidine rings is 1. The zero-order valence-electron chi connectivity index (χ0n) is 13.7. The average molecular weight is 387 g/mol. The number of likely N-dealkylation sites (tertiary alicyclic amines) is 1. The molecule has 0 aliphatic carbocycles. The third kappa shape index (κ3) is 3.85. The van der Waals surface area contributed by atoms with E-state index in [1.54, 1.807) is 11.8 Å². The molecule has 2 fully saturated rings. The third-order valence-electron chi connectivity index (χ3n) is 4.55. The van der Waals surface area contributed by atoms with Crippen LogP contribution in [0.25, 0.3) is 0 Å². The number of aromatic nitrogens is 1. The summed E-state index contributed by atoms with van der Waals surface area (Å²) < 4.78 is 26.7. The van der Waals surface area contributed by atoms with E-state index in [1.807, 2.05) is 0 Å². The Balaban J connectivity index is 1.74. The Hall–Kier alpha value is -1.52. The summed E-state index contributed by atoms with van der Waals surface area (Å²) in [5.74, 6) is -0.307. The number of amides is 1. The minimum absolute atomic E-state index is 0.0783. The summed E-state index contributed by atoms with van der Waals surface area (Å²) in [4.78, 5) is 28.0. The molecule has 3 rings (SSSR count). The van der Waals surface area contributed by atoms with Crippen LogP contribution < -0.4 is 0 Å². The molecule has 0 saturated carbocycles. The van der Waals surface area contributed by atoms with E-state index in [9.17, 15) is 18.0 Å². The lowest BCUT2D eigenvalue weighted by atomic mass is 9.98. The molecule has 10 heteroatoms. The number of thioether (sulfide) groups is 1. The molecule has 1 aromatic rings. The van der Waals surface area contributed by atoms with Crippen LogP contribution in [0.1, 0.15) is 23.3 Å². The van der Waals surface area contributed by atoms with Gasteiger partial charge in [-0.2, -0.15) is 16.1 Å². The van der Waals surface area contributed by atoms with Gasteiger partial charge in [0.05, 0.1) is 5.92 Å². The topological polar surface area (TPSA) is 111 Å². The van der Waals surface area contributed by atoms with E-state index in [4.69, 9.17) is 5.11 Å². The fraction of sp³-hybridized carbons (Fsp3) is 0.600.